The standard InChI is InChI=1S/C18H28N2S/c1-3-5-11-20(12-6-4-2)17(13-19)16-14-21-18-10-8-7-9-15(16)18/h7-10,14,17H,3-6,11-13,19H2,1-2H3. The first-order valence-electron chi connectivity index (χ1n) is 8.22. The topological polar surface area (TPSA) is 29.3 Å². The molecule has 0 aliphatic rings. The molecule has 2 aromatic rings. The fourth-order valence-corrected chi connectivity index (χ4v) is 3.88. The Hall–Kier alpha value is -0.900. The van der Waals surface area contributed by atoms with E-state index in [4.69, 9.17) is 5.73 Å². The third-order valence-corrected chi connectivity index (χ3v) is 5.11. The van der Waals surface area contributed by atoms with Crippen molar-refractivity contribution in [3.63, 3.8) is 0 Å². The van der Waals surface area contributed by atoms with Gasteiger partial charge < -0.3 is 5.73 Å². The van der Waals surface area contributed by atoms with Crippen molar-refractivity contribution in [3.05, 3.63) is 35.2 Å². The van der Waals surface area contributed by atoms with Crippen LogP contribution in [0.5, 0.6) is 0 Å². The lowest BCUT2D eigenvalue weighted by molar-refractivity contribution is 0.197. The van der Waals surface area contributed by atoms with Crippen LogP contribution in [-0.2, 0) is 0 Å². The Labute approximate surface area is 133 Å². The number of benzene rings is 1. The molecule has 1 aromatic heterocycles. The summed E-state index contributed by atoms with van der Waals surface area (Å²) in [6.45, 7) is 7.53. The van der Waals surface area contributed by atoms with E-state index in [1.54, 1.807) is 0 Å². The fraction of sp³-hybridized carbons (Fsp3) is 0.556. The van der Waals surface area contributed by atoms with E-state index in [9.17, 15) is 0 Å². The van der Waals surface area contributed by atoms with Gasteiger partial charge in [-0.1, -0.05) is 44.9 Å². The Bertz CT molecular complexity index is 527. The zero-order chi connectivity index (χ0) is 15.1. The first kappa shape index (κ1) is 16.5. The molecule has 0 saturated carbocycles. The Morgan fingerprint density at radius 1 is 1.10 bits per heavy atom. The Morgan fingerprint density at radius 2 is 1.76 bits per heavy atom. The Balaban J connectivity index is 2.25. The van der Waals surface area contributed by atoms with E-state index in [1.807, 2.05) is 11.3 Å². The lowest BCUT2D eigenvalue weighted by Gasteiger charge is -2.31. The largest absolute Gasteiger partial charge is 0.329 e. The number of thiophene rings is 1. The van der Waals surface area contributed by atoms with E-state index in [-0.39, 0.29) is 0 Å². The van der Waals surface area contributed by atoms with Crippen LogP contribution < -0.4 is 5.73 Å². The number of nitrogens with two attached hydrogens (primary N) is 1. The van der Waals surface area contributed by atoms with Gasteiger partial charge in [-0.3, -0.25) is 4.90 Å². The SMILES string of the molecule is CCCCN(CCCC)C(CN)c1csc2ccccc12. The van der Waals surface area contributed by atoms with Gasteiger partial charge >= 0.3 is 0 Å². The van der Waals surface area contributed by atoms with Gasteiger partial charge in [0.1, 0.15) is 0 Å². The van der Waals surface area contributed by atoms with E-state index in [2.05, 4.69) is 48.4 Å². The van der Waals surface area contributed by atoms with Crippen molar-refractivity contribution < 1.29 is 0 Å². The molecule has 1 heterocycles. The molecule has 0 aliphatic carbocycles. The van der Waals surface area contributed by atoms with Gasteiger partial charge in [0, 0.05) is 17.3 Å². The van der Waals surface area contributed by atoms with Gasteiger partial charge in [-0.25, -0.2) is 0 Å². The van der Waals surface area contributed by atoms with Crippen LogP contribution in [0.4, 0.5) is 0 Å². The molecular weight excluding hydrogens is 276 g/mol. The summed E-state index contributed by atoms with van der Waals surface area (Å²) in [6, 6.07) is 9.06. The average Bonchev–Trinajstić information content (AvgIpc) is 2.94. The summed E-state index contributed by atoms with van der Waals surface area (Å²) in [4.78, 5) is 2.60. The lowest BCUT2D eigenvalue weighted by Crippen LogP contribution is -2.35. The van der Waals surface area contributed by atoms with Crippen LogP contribution in [0.2, 0.25) is 0 Å². The molecule has 0 radical (unpaired) electrons. The first-order chi connectivity index (χ1) is 10.3. The number of rotatable bonds is 9. The van der Waals surface area contributed by atoms with E-state index in [1.165, 1.54) is 41.3 Å². The molecule has 0 saturated heterocycles. The summed E-state index contributed by atoms with van der Waals surface area (Å²) in [5, 5.41) is 3.70. The van der Waals surface area contributed by atoms with Crippen LogP contribution in [0.25, 0.3) is 10.1 Å². The molecule has 116 valence electrons. The minimum absolute atomic E-state index is 0.360. The van der Waals surface area contributed by atoms with Crippen molar-refractivity contribution in [3.8, 4) is 0 Å². The molecule has 1 aromatic carbocycles. The van der Waals surface area contributed by atoms with Gasteiger partial charge in [0.2, 0.25) is 0 Å². The average molecular weight is 305 g/mol. The third-order valence-electron chi connectivity index (χ3n) is 4.13. The second-order valence-electron chi connectivity index (χ2n) is 5.68. The Morgan fingerprint density at radius 3 is 2.38 bits per heavy atom. The van der Waals surface area contributed by atoms with E-state index in [0.29, 0.717) is 12.6 Å². The predicted octanol–water partition coefficient (Wildman–Crippen LogP) is 4.80. The number of nitrogens with zero attached hydrogens (tertiary/aromatic N) is 1. The maximum atomic E-state index is 6.16. The zero-order valence-corrected chi connectivity index (χ0v) is 14.2. The van der Waals surface area contributed by atoms with Crippen molar-refractivity contribution in [2.24, 2.45) is 5.73 Å². The normalized spacial score (nSPS) is 13.1. The zero-order valence-electron chi connectivity index (χ0n) is 13.3. The molecule has 1 unspecified atom stereocenters. The van der Waals surface area contributed by atoms with Crippen molar-refractivity contribution in [2.75, 3.05) is 19.6 Å². The number of hydrogen-bond donors (Lipinski definition) is 1. The molecular formula is C18H28N2S. The van der Waals surface area contributed by atoms with Gasteiger partial charge in [-0.2, -0.15) is 0 Å². The predicted molar refractivity (Wildman–Crippen MR) is 95.0 cm³/mol. The van der Waals surface area contributed by atoms with E-state index < -0.39 is 0 Å². The third kappa shape index (κ3) is 4.06. The second kappa shape index (κ2) is 8.52. The summed E-state index contributed by atoms with van der Waals surface area (Å²) in [5.41, 5.74) is 7.58. The van der Waals surface area contributed by atoms with Crippen LogP contribution >= 0.6 is 11.3 Å². The minimum Gasteiger partial charge on any atom is -0.329 e. The van der Waals surface area contributed by atoms with Gasteiger partial charge in [0.25, 0.3) is 0 Å². The molecule has 0 bridgehead atoms. The van der Waals surface area contributed by atoms with Crippen molar-refractivity contribution in [1.29, 1.82) is 0 Å². The van der Waals surface area contributed by atoms with Gasteiger partial charge in [-0.05, 0) is 48.3 Å². The molecule has 2 rings (SSSR count). The van der Waals surface area contributed by atoms with Gasteiger partial charge in [0.05, 0.1) is 0 Å². The van der Waals surface area contributed by atoms with E-state index in [0.717, 1.165) is 13.1 Å². The van der Waals surface area contributed by atoms with Crippen LogP contribution in [0.15, 0.2) is 29.6 Å². The number of unbranched alkanes of at least 4 members (excludes halogenated alkanes) is 2. The maximum absolute atomic E-state index is 6.16. The molecule has 2 N–H and O–H groups in total. The van der Waals surface area contributed by atoms with Crippen LogP contribution in [0.3, 0.4) is 0 Å². The van der Waals surface area contributed by atoms with Crippen LogP contribution in [0.1, 0.15) is 51.1 Å². The lowest BCUT2D eigenvalue weighted by atomic mass is 10.0. The van der Waals surface area contributed by atoms with Crippen LogP contribution in [0, 0.1) is 0 Å². The highest BCUT2D eigenvalue weighted by molar-refractivity contribution is 7.17. The molecule has 0 aliphatic heterocycles. The monoisotopic (exact) mass is 304 g/mol. The maximum Gasteiger partial charge on any atom is 0.0484 e. The van der Waals surface area contributed by atoms with Crippen molar-refractivity contribution in [2.45, 2.75) is 45.6 Å². The number of hydrogen-bond acceptors (Lipinski definition) is 3. The molecule has 3 heteroatoms. The highest BCUT2D eigenvalue weighted by Crippen LogP contribution is 2.33. The summed E-state index contributed by atoms with van der Waals surface area (Å²) in [7, 11) is 0. The quantitative estimate of drug-likeness (QED) is 0.721. The van der Waals surface area contributed by atoms with Gasteiger partial charge in [0.15, 0.2) is 0 Å². The highest BCUT2D eigenvalue weighted by Gasteiger charge is 2.21. The molecule has 0 fully saturated rings. The van der Waals surface area contributed by atoms with Gasteiger partial charge in [-0.15, -0.1) is 11.3 Å². The molecule has 0 amide bonds. The fourth-order valence-electron chi connectivity index (χ4n) is 2.88. The summed E-state index contributed by atoms with van der Waals surface area (Å²) in [5.74, 6) is 0. The molecule has 21 heavy (non-hydrogen) atoms. The Kier molecular flexibility index (Phi) is 6.68. The molecule has 2 nitrogen and oxygen atoms in total. The molecule has 1 atom stereocenters. The van der Waals surface area contributed by atoms with E-state index >= 15 is 0 Å². The smallest absolute Gasteiger partial charge is 0.0484 e. The molecule has 0 spiro atoms. The minimum atomic E-state index is 0.360. The summed E-state index contributed by atoms with van der Waals surface area (Å²) >= 11 is 1.84. The summed E-state index contributed by atoms with van der Waals surface area (Å²) in [6.07, 6.45) is 4.99. The first-order valence-corrected chi connectivity index (χ1v) is 9.10. The van der Waals surface area contributed by atoms with Crippen molar-refractivity contribution in [1.82, 2.24) is 4.90 Å². The second-order valence-corrected chi connectivity index (χ2v) is 6.59. The number of fused-ring (bicyclic) bond motifs is 1. The van der Waals surface area contributed by atoms with Crippen molar-refractivity contribution >= 4 is 21.4 Å². The van der Waals surface area contributed by atoms with Crippen LogP contribution in [-0.4, -0.2) is 24.5 Å². The highest BCUT2D eigenvalue weighted by atomic mass is 32.1. The summed E-state index contributed by atoms with van der Waals surface area (Å²) < 4.78 is 1.37.